The van der Waals surface area contributed by atoms with Gasteiger partial charge in [0.05, 0.1) is 10.4 Å². The number of likely N-dealkylation sites (tertiary alicyclic amines) is 1. The van der Waals surface area contributed by atoms with Crippen LogP contribution in [0.15, 0.2) is 112 Å². The number of carbonyl (C=O) groups excluding carboxylic acids is 1. The molecular weight excluding hydrogens is 829 g/mol. The van der Waals surface area contributed by atoms with Crippen molar-refractivity contribution >= 4 is 55.9 Å². The Hall–Kier alpha value is -4.21. The Morgan fingerprint density at radius 1 is 0.836 bits per heavy atom. The molecule has 5 aromatic rings. The lowest BCUT2D eigenvalue weighted by atomic mass is 9.89. The van der Waals surface area contributed by atoms with Crippen LogP contribution in [0.3, 0.4) is 0 Å². The Labute approximate surface area is 369 Å². The molecule has 0 unspecified atom stereocenters. The molecule has 61 heavy (non-hydrogen) atoms. The topological polar surface area (TPSA) is 84.4 Å². The first-order chi connectivity index (χ1) is 29.4. The van der Waals surface area contributed by atoms with Crippen LogP contribution in [0, 0.1) is 5.82 Å². The Morgan fingerprint density at radius 2 is 1.56 bits per heavy atom. The van der Waals surface area contributed by atoms with Gasteiger partial charge in [-0.3, -0.25) is 0 Å². The Kier molecular flexibility index (Phi) is 13.6. The van der Waals surface area contributed by atoms with Crippen molar-refractivity contribution < 1.29 is 17.6 Å². The summed E-state index contributed by atoms with van der Waals surface area (Å²) in [5.74, 6) is 0.219. The fraction of sp³-hybridized carbons (Fsp3) is 0.383. The number of nitrogens with one attached hydrogen (secondary N) is 1. The van der Waals surface area contributed by atoms with E-state index in [-0.39, 0.29) is 11.8 Å². The van der Waals surface area contributed by atoms with E-state index in [9.17, 15) is 17.6 Å². The van der Waals surface area contributed by atoms with Gasteiger partial charge in [-0.1, -0.05) is 47.6 Å². The van der Waals surface area contributed by atoms with Crippen molar-refractivity contribution in [3.8, 4) is 5.69 Å². The van der Waals surface area contributed by atoms with Crippen LogP contribution in [-0.4, -0.2) is 136 Å². The van der Waals surface area contributed by atoms with Gasteiger partial charge in [-0.15, -0.1) is 0 Å². The summed E-state index contributed by atoms with van der Waals surface area (Å²) in [5, 5.41) is 4.76. The summed E-state index contributed by atoms with van der Waals surface area (Å²) in [6.45, 7) is 10.8. The summed E-state index contributed by atoms with van der Waals surface area (Å²) in [4.78, 5) is 23.6. The zero-order chi connectivity index (χ0) is 42.7. The molecule has 9 rings (SSSR count). The molecule has 4 aliphatic heterocycles. The van der Waals surface area contributed by atoms with Gasteiger partial charge in [0.2, 0.25) is 10.0 Å². The third kappa shape index (κ3) is 9.88. The van der Waals surface area contributed by atoms with Gasteiger partial charge in [-0.25, -0.2) is 21.9 Å². The molecule has 4 aromatic carbocycles. The summed E-state index contributed by atoms with van der Waals surface area (Å²) in [7, 11) is 1.85. The van der Waals surface area contributed by atoms with E-state index in [0.717, 1.165) is 124 Å². The summed E-state index contributed by atoms with van der Waals surface area (Å²) >= 11 is 8.05. The van der Waals surface area contributed by atoms with E-state index in [4.69, 9.17) is 11.6 Å². The zero-order valence-corrected chi connectivity index (χ0v) is 37.6. The Morgan fingerprint density at radius 3 is 2.28 bits per heavy atom. The lowest BCUT2D eigenvalue weighted by molar-refractivity contribution is 0.156. The number of likely N-dealkylation sites (N-methyl/N-ethyl adjacent to an activating group) is 1. The highest BCUT2D eigenvalue weighted by molar-refractivity contribution is 7.99. The number of carbonyl (C=O) groups is 1. The van der Waals surface area contributed by atoms with Gasteiger partial charge in [0, 0.05) is 105 Å². The Bertz CT molecular complexity index is 2500. The second-order valence-electron chi connectivity index (χ2n) is 16.5. The molecule has 0 saturated carbocycles. The number of hydrogen-bond donors (Lipinski definition) is 1. The van der Waals surface area contributed by atoms with Gasteiger partial charge in [-0.05, 0) is 134 Å². The number of urea groups is 1. The highest BCUT2D eigenvalue weighted by Gasteiger charge is 2.27. The number of amides is 2. The molecule has 14 heteroatoms. The first-order valence-electron chi connectivity index (χ1n) is 21.2. The standard InChI is InChI=1S/C24H26ClFN4O.C23H29N3O2S2/c25-18-1-6-23-21(15-18)22(16-30(23)20-4-2-19(26)3-5-20)17-7-10-28(11-8-17)13-14-29-12-9-27-24(29)31;1-24(2)30(27,28)18-10-11-23-21(17-18)19(20-7-4-5-9-22(20)29-23)8-6-12-26-15-13-25(3)14-16-26/h1-6,15-17H,7-14H2,(H,27,31);4-5,7-11,17H,6,12-16H2,1-3H3/b;19-8-. The minimum absolute atomic E-state index is 0.0559. The number of piperazine rings is 1. The molecule has 5 heterocycles. The van der Waals surface area contributed by atoms with Crippen molar-refractivity contribution in [1.29, 1.82) is 0 Å². The van der Waals surface area contributed by atoms with Gasteiger partial charge in [-0.2, -0.15) is 0 Å². The number of sulfonamides is 1. The first-order valence-corrected chi connectivity index (χ1v) is 23.8. The van der Waals surface area contributed by atoms with Crippen molar-refractivity contribution in [2.75, 3.05) is 93.1 Å². The minimum Gasteiger partial charge on any atom is -0.336 e. The summed E-state index contributed by atoms with van der Waals surface area (Å²) in [6, 6.07) is 26.6. The van der Waals surface area contributed by atoms with Gasteiger partial charge >= 0.3 is 6.03 Å². The van der Waals surface area contributed by atoms with Crippen LogP contribution in [0.2, 0.25) is 5.02 Å². The zero-order valence-electron chi connectivity index (χ0n) is 35.2. The molecule has 1 aromatic heterocycles. The molecule has 0 atom stereocenters. The van der Waals surface area contributed by atoms with E-state index in [1.807, 2.05) is 47.4 Å². The fourth-order valence-electron chi connectivity index (χ4n) is 8.73. The van der Waals surface area contributed by atoms with E-state index < -0.39 is 10.0 Å². The number of benzene rings is 4. The number of nitrogens with zero attached hydrogens (tertiary/aromatic N) is 6. The minimum atomic E-state index is -3.47. The number of aromatic nitrogens is 1. The normalized spacial score (nSPS) is 18.6. The highest BCUT2D eigenvalue weighted by Crippen LogP contribution is 2.46. The van der Waals surface area contributed by atoms with Gasteiger partial charge in [0.25, 0.3) is 0 Å². The predicted molar refractivity (Wildman–Crippen MR) is 245 cm³/mol. The molecule has 3 fully saturated rings. The van der Waals surface area contributed by atoms with Crippen molar-refractivity contribution in [2.45, 2.75) is 39.9 Å². The average Bonchev–Trinajstić information content (AvgIpc) is 3.86. The quantitative estimate of drug-likeness (QED) is 0.149. The van der Waals surface area contributed by atoms with Crippen LogP contribution in [0.25, 0.3) is 22.2 Å². The molecule has 4 aliphatic rings. The number of hydrogen-bond acceptors (Lipinski definition) is 7. The van der Waals surface area contributed by atoms with Gasteiger partial charge in [0.1, 0.15) is 5.82 Å². The van der Waals surface area contributed by atoms with E-state index in [1.54, 1.807) is 31.9 Å². The maximum absolute atomic E-state index is 13.4. The van der Waals surface area contributed by atoms with Crippen LogP contribution < -0.4 is 5.32 Å². The van der Waals surface area contributed by atoms with E-state index in [2.05, 4.69) is 68.2 Å². The van der Waals surface area contributed by atoms with Crippen LogP contribution in [0.1, 0.15) is 41.9 Å². The summed E-state index contributed by atoms with van der Waals surface area (Å²) in [6.07, 6.45) is 7.58. The average molecular weight is 885 g/mol. The largest absolute Gasteiger partial charge is 0.336 e. The molecule has 0 radical (unpaired) electrons. The number of rotatable bonds is 10. The molecule has 322 valence electrons. The maximum Gasteiger partial charge on any atom is 0.317 e. The number of fused-ring (bicyclic) bond motifs is 3. The molecule has 0 bridgehead atoms. The molecule has 1 N–H and O–H groups in total. The molecule has 0 aliphatic carbocycles. The Balaban J connectivity index is 0.000000169. The summed E-state index contributed by atoms with van der Waals surface area (Å²) in [5.41, 5.74) is 6.69. The lowest BCUT2D eigenvalue weighted by Gasteiger charge is -2.32. The van der Waals surface area contributed by atoms with Crippen molar-refractivity contribution in [2.24, 2.45) is 0 Å². The maximum atomic E-state index is 13.4. The van der Waals surface area contributed by atoms with Crippen LogP contribution in [0.4, 0.5) is 9.18 Å². The molecule has 2 amide bonds. The third-order valence-corrected chi connectivity index (χ3v) is 15.6. The van der Waals surface area contributed by atoms with Crippen LogP contribution in [0.5, 0.6) is 0 Å². The molecule has 3 saturated heterocycles. The van der Waals surface area contributed by atoms with Crippen molar-refractivity contribution in [3.05, 3.63) is 125 Å². The SMILES string of the molecule is CN1CCN(CC/C=C2/c3ccccc3Sc3ccc(S(=O)(=O)N(C)C)cc32)CC1.O=C1NCCN1CCN1CCC(c2cn(-c3ccc(F)cc3)c3ccc(Cl)cc23)CC1. The molecular formula is C47H55ClFN7O3S2. The monoisotopic (exact) mass is 883 g/mol. The first kappa shape index (κ1) is 43.4. The smallest absolute Gasteiger partial charge is 0.317 e. The third-order valence-electron chi connectivity index (χ3n) is 12.4. The van der Waals surface area contributed by atoms with Crippen LogP contribution >= 0.6 is 23.4 Å². The summed E-state index contributed by atoms with van der Waals surface area (Å²) < 4.78 is 42.3. The number of piperidine rings is 1. The molecule has 0 spiro atoms. The predicted octanol–water partition coefficient (Wildman–Crippen LogP) is 8.10. The van der Waals surface area contributed by atoms with Crippen LogP contribution in [-0.2, 0) is 10.0 Å². The highest BCUT2D eigenvalue weighted by atomic mass is 35.5. The van der Waals surface area contributed by atoms with Gasteiger partial charge in [0.15, 0.2) is 0 Å². The van der Waals surface area contributed by atoms with E-state index in [1.165, 1.54) is 37.8 Å². The van der Waals surface area contributed by atoms with E-state index in [0.29, 0.717) is 10.8 Å². The van der Waals surface area contributed by atoms with Crippen molar-refractivity contribution in [1.82, 2.24) is 33.8 Å². The van der Waals surface area contributed by atoms with Crippen molar-refractivity contribution in [3.63, 3.8) is 0 Å². The second-order valence-corrected chi connectivity index (χ2v) is 20.2. The van der Waals surface area contributed by atoms with E-state index >= 15 is 0 Å². The number of halogens is 2. The second kappa shape index (κ2) is 19.0. The lowest BCUT2D eigenvalue weighted by Crippen LogP contribution is -2.44. The molecule has 10 nitrogen and oxygen atoms in total. The fourth-order valence-corrected chi connectivity index (χ4v) is 10.9. The van der Waals surface area contributed by atoms with Gasteiger partial charge < -0.3 is 29.5 Å².